The Labute approximate surface area is 119 Å². The Hall–Kier alpha value is -0.240. The third-order valence-corrected chi connectivity index (χ3v) is 5.57. The van der Waals surface area contributed by atoms with E-state index in [9.17, 15) is 0 Å². The first-order valence-corrected chi connectivity index (χ1v) is 8.08. The van der Waals surface area contributed by atoms with Crippen LogP contribution in [0.15, 0.2) is 21.2 Å². The third kappa shape index (κ3) is 3.88. The van der Waals surface area contributed by atoms with Gasteiger partial charge in [0.2, 0.25) is 0 Å². The number of halogens is 1. The maximum Gasteiger partial charge on any atom is 0.0485 e. The van der Waals surface area contributed by atoms with Gasteiger partial charge < -0.3 is 0 Å². The first-order valence-electron chi connectivity index (χ1n) is 6.36. The molecule has 1 aliphatic heterocycles. The second-order valence-electron chi connectivity index (χ2n) is 7.08. The summed E-state index contributed by atoms with van der Waals surface area (Å²) in [7, 11) is -0.419. The quantitative estimate of drug-likeness (QED) is 0.392. The summed E-state index contributed by atoms with van der Waals surface area (Å²) in [5, 5.41) is 3.74. The Bertz CT molecular complexity index is 466. The minimum Gasteiger partial charge on any atom is -0.0921 e. The van der Waals surface area contributed by atoms with Crippen LogP contribution >= 0.6 is 19.5 Å². The van der Waals surface area contributed by atoms with E-state index in [4.69, 9.17) is 11.6 Å². The van der Waals surface area contributed by atoms with Gasteiger partial charge in [-0.1, -0.05) is 49.5 Å². The molecule has 0 bridgehead atoms. The Morgan fingerprint density at radius 2 is 1.56 bits per heavy atom. The van der Waals surface area contributed by atoms with Crippen molar-refractivity contribution in [3.63, 3.8) is 0 Å². The van der Waals surface area contributed by atoms with Crippen molar-refractivity contribution in [3.05, 3.63) is 21.2 Å². The highest BCUT2D eigenvalue weighted by Crippen LogP contribution is 2.77. The molecule has 2 heteroatoms. The smallest absolute Gasteiger partial charge is 0.0485 e. The fraction of sp³-hybridized carbons (Fsp3) is 0.625. The van der Waals surface area contributed by atoms with Crippen LogP contribution in [0.1, 0.15) is 55.4 Å². The maximum absolute atomic E-state index is 6.43. The number of hydrogen-bond acceptors (Lipinski definition) is 0. The van der Waals surface area contributed by atoms with Gasteiger partial charge in [0.15, 0.2) is 0 Å². The van der Waals surface area contributed by atoms with Gasteiger partial charge in [0.1, 0.15) is 0 Å². The fourth-order valence-electron chi connectivity index (χ4n) is 1.63. The van der Waals surface area contributed by atoms with Crippen LogP contribution in [0.5, 0.6) is 0 Å². The van der Waals surface area contributed by atoms with Gasteiger partial charge in [-0.25, -0.2) is 0 Å². The van der Waals surface area contributed by atoms with E-state index in [-0.39, 0.29) is 10.8 Å². The van der Waals surface area contributed by atoms with Crippen molar-refractivity contribution >= 4 is 19.5 Å². The van der Waals surface area contributed by atoms with E-state index in [1.165, 1.54) is 16.2 Å². The van der Waals surface area contributed by atoms with E-state index in [0.717, 1.165) is 5.03 Å². The molecule has 1 heterocycles. The molecule has 1 unspecified atom stereocenters. The summed E-state index contributed by atoms with van der Waals surface area (Å²) < 4.78 is 0. The molecular weight excluding hydrogens is 259 g/mol. The normalized spacial score (nSPS) is 19.3. The van der Waals surface area contributed by atoms with Crippen LogP contribution in [-0.4, -0.2) is 0 Å². The zero-order chi connectivity index (χ0) is 14.3. The van der Waals surface area contributed by atoms with Crippen LogP contribution in [0.2, 0.25) is 0 Å². The Kier molecular flexibility index (Phi) is 4.42. The fourth-order valence-corrected chi connectivity index (χ4v) is 4.73. The largest absolute Gasteiger partial charge is 0.0921 e. The molecule has 0 N–H and O–H groups in total. The second-order valence-corrected chi connectivity index (χ2v) is 9.25. The van der Waals surface area contributed by atoms with Crippen molar-refractivity contribution in [2.75, 3.05) is 0 Å². The minimum atomic E-state index is -0.419. The average molecular weight is 283 g/mol. The lowest BCUT2D eigenvalue weighted by Crippen LogP contribution is -2.01. The molecule has 0 aliphatic carbocycles. The van der Waals surface area contributed by atoms with Gasteiger partial charge in [0, 0.05) is 23.7 Å². The molecule has 0 spiro atoms. The van der Waals surface area contributed by atoms with Crippen molar-refractivity contribution in [2.45, 2.75) is 55.4 Å². The van der Waals surface area contributed by atoms with Crippen molar-refractivity contribution in [3.8, 4) is 11.6 Å². The predicted octanol–water partition coefficient (Wildman–Crippen LogP) is 6.28. The van der Waals surface area contributed by atoms with E-state index < -0.39 is 7.92 Å². The summed E-state index contributed by atoms with van der Waals surface area (Å²) >= 11 is 6.43. The van der Waals surface area contributed by atoms with Crippen molar-refractivity contribution in [1.29, 1.82) is 0 Å². The third-order valence-electron chi connectivity index (χ3n) is 2.52. The predicted molar refractivity (Wildman–Crippen MR) is 84.9 cm³/mol. The molecule has 0 aromatic heterocycles. The van der Waals surface area contributed by atoms with E-state index in [1.54, 1.807) is 0 Å². The summed E-state index contributed by atoms with van der Waals surface area (Å²) in [5.74, 6) is 3.37. The van der Waals surface area contributed by atoms with E-state index in [1.807, 2.05) is 0 Å². The SMILES string of the molecule is CC(C)=C(Cl)C1=C(C(C)(C)C)P1C#CC(C)(C)C. The van der Waals surface area contributed by atoms with E-state index in [0.29, 0.717) is 0 Å². The molecule has 1 atom stereocenters. The van der Waals surface area contributed by atoms with Crippen molar-refractivity contribution < 1.29 is 0 Å². The van der Waals surface area contributed by atoms with E-state index >= 15 is 0 Å². The highest BCUT2D eigenvalue weighted by atomic mass is 35.5. The van der Waals surface area contributed by atoms with Crippen LogP contribution in [-0.2, 0) is 0 Å². The van der Waals surface area contributed by atoms with Crippen LogP contribution in [0.25, 0.3) is 0 Å². The number of rotatable bonds is 1. The van der Waals surface area contributed by atoms with E-state index in [2.05, 4.69) is 67.0 Å². The van der Waals surface area contributed by atoms with Crippen LogP contribution in [0.3, 0.4) is 0 Å². The highest BCUT2D eigenvalue weighted by molar-refractivity contribution is 7.79. The average Bonchev–Trinajstić information content (AvgIpc) is 2.85. The van der Waals surface area contributed by atoms with Gasteiger partial charge in [-0.2, -0.15) is 0 Å². The molecule has 100 valence electrons. The summed E-state index contributed by atoms with van der Waals surface area (Å²) in [6, 6.07) is 0. The molecule has 0 radical (unpaired) electrons. The Balaban J connectivity index is 3.08. The van der Waals surface area contributed by atoms with Crippen molar-refractivity contribution in [1.82, 2.24) is 0 Å². The Morgan fingerprint density at radius 3 is 1.89 bits per heavy atom. The topological polar surface area (TPSA) is 0 Å². The number of allylic oxidation sites excluding steroid dienone is 4. The highest BCUT2D eigenvalue weighted by Gasteiger charge is 2.44. The van der Waals surface area contributed by atoms with Gasteiger partial charge in [-0.15, -0.1) is 0 Å². The van der Waals surface area contributed by atoms with Crippen molar-refractivity contribution in [2.24, 2.45) is 10.8 Å². The van der Waals surface area contributed by atoms with Gasteiger partial charge in [-0.3, -0.25) is 0 Å². The molecule has 18 heavy (non-hydrogen) atoms. The van der Waals surface area contributed by atoms with Gasteiger partial charge in [0.25, 0.3) is 0 Å². The van der Waals surface area contributed by atoms with Gasteiger partial charge in [-0.05, 0) is 45.3 Å². The lowest BCUT2D eigenvalue weighted by Gasteiger charge is -2.13. The van der Waals surface area contributed by atoms with Crippen LogP contribution < -0.4 is 0 Å². The molecular formula is C16H24ClP. The molecule has 0 saturated heterocycles. The zero-order valence-corrected chi connectivity index (χ0v) is 14.5. The molecule has 1 aliphatic rings. The monoisotopic (exact) mass is 282 g/mol. The maximum atomic E-state index is 6.43. The zero-order valence-electron chi connectivity index (χ0n) is 12.8. The molecule has 0 aromatic rings. The molecule has 1 rings (SSSR count). The first kappa shape index (κ1) is 15.8. The lowest BCUT2D eigenvalue weighted by atomic mass is 9.96. The number of hydrogen-bond donors (Lipinski definition) is 0. The summed E-state index contributed by atoms with van der Waals surface area (Å²) in [4.78, 5) is 0. The summed E-state index contributed by atoms with van der Waals surface area (Å²) in [5.41, 5.74) is 4.90. The summed E-state index contributed by atoms with van der Waals surface area (Å²) in [6.07, 6.45) is 0. The van der Waals surface area contributed by atoms with Crippen LogP contribution in [0.4, 0.5) is 0 Å². The second kappa shape index (κ2) is 5.03. The first-order chi connectivity index (χ1) is 7.95. The minimum absolute atomic E-state index is 0.0659. The Morgan fingerprint density at radius 1 is 1.06 bits per heavy atom. The molecule has 0 fully saturated rings. The standard InChI is InChI=1S/C16H24ClP/c1-11(2)12(17)13-14(16(6,7)8)18(13)10-9-15(3,4)5/h1-8H3. The molecule has 0 aromatic carbocycles. The van der Waals surface area contributed by atoms with Gasteiger partial charge >= 0.3 is 0 Å². The molecule has 0 saturated carbocycles. The van der Waals surface area contributed by atoms with Crippen LogP contribution in [0, 0.1) is 22.4 Å². The van der Waals surface area contributed by atoms with Gasteiger partial charge in [0.05, 0.1) is 0 Å². The molecule has 0 amide bonds. The molecule has 0 nitrogen and oxygen atoms in total. The summed E-state index contributed by atoms with van der Waals surface area (Å²) in [6.45, 7) is 17.3. The lowest BCUT2D eigenvalue weighted by molar-refractivity contribution is 0.537.